The van der Waals surface area contributed by atoms with Crippen molar-refractivity contribution in [3.63, 3.8) is 0 Å². The molecule has 106 valence electrons. The van der Waals surface area contributed by atoms with Crippen LogP contribution in [0.5, 0.6) is 0 Å². The Morgan fingerprint density at radius 1 is 1.42 bits per heavy atom. The number of rotatable bonds is 6. The van der Waals surface area contributed by atoms with Gasteiger partial charge in [0.15, 0.2) is 0 Å². The van der Waals surface area contributed by atoms with Crippen LogP contribution in [-0.2, 0) is 14.3 Å². The van der Waals surface area contributed by atoms with E-state index in [9.17, 15) is 14.4 Å². The van der Waals surface area contributed by atoms with Crippen LogP contribution in [-0.4, -0.2) is 41.8 Å². The van der Waals surface area contributed by atoms with E-state index in [1.54, 1.807) is 13.8 Å². The SMILES string of the molecule is C#CC(C)(C)NC(=O)N[C@H](CCC(=O)OC)C(=O)O. The Bertz CT molecular complexity index is 397. The monoisotopic (exact) mass is 270 g/mol. The number of hydrogen-bond donors (Lipinski definition) is 3. The van der Waals surface area contributed by atoms with Gasteiger partial charge in [-0.3, -0.25) is 4.79 Å². The molecule has 0 unspecified atom stereocenters. The molecule has 0 aliphatic rings. The lowest BCUT2D eigenvalue weighted by Crippen LogP contribution is -2.52. The Morgan fingerprint density at radius 2 is 2.00 bits per heavy atom. The molecule has 0 saturated heterocycles. The second-order valence-electron chi connectivity index (χ2n) is 4.37. The first-order valence-corrected chi connectivity index (χ1v) is 5.58. The molecule has 0 saturated carbocycles. The van der Waals surface area contributed by atoms with Crippen LogP contribution in [0, 0.1) is 12.3 Å². The van der Waals surface area contributed by atoms with Gasteiger partial charge in [-0.25, -0.2) is 9.59 Å². The van der Waals surface area contributed by atoms with Crippen LogP contribution in [0.25, 0.3) is 0 Å². The number of esters is 1. The number of nitrogens with one attached hydrogen (secondary N) is 2. The molecule has 0 aromatic rings. The lowest BCUT2D eigenvalue weighted by atomic mass is 10.1. The number of terminal acetylenes is 1. The molecule has 0 bridgehead atoms. The molecule has 0 spiro atoms. The highest BCUT2D eigenvalue weighted by Gasteiger charge is 2.24. The van der Waals surface area contributed by atoms with Crippen LogP contribution < -0.4 is 10.6 Å². The Balaban J connectivity index is 4.44. The molecule has 0 rings (SSSR count). The minimum absolute atomic E-state index is 0.0636. The molecule has 7 heteroatoms. The fourth-order valence-electron chi connectivity index (χ4n) is 1.14. The van der Waals surface area contributed by atoms with Gasteiger partial charge in [-0.2, -0.15) is 0 Å². The largest absolute Gasteiger partial charge is 0.480 e. The normalized spacial score (nSPS) is 11.9. The van der Waals surface area contributed by atoms with Crippen molar-refractivity contribution in [3.05, 3.63) is 0 Å². The number of carbonyl (C=O) groups is 3. The zero-order valence-corrected chi connectivity index (χ0v) is 11.1. The maximum atomic E-state index is 11.5. The predicted octanol–water partition coefficient (Wildman–Crippen LogP) is 0.104. The molecule has 2 amide bonds. The summed E-state index contributed by atoms with van der Waals surface area (Å²) in [5.74, 6) is 0.558. The van der Waals surface area contributed by atoms with Crippen molar-refractivity contribution in [2.45, 2.75) is 38.3 Å². The zero-order valence-electron chi connectivity index (χ0n) is 11.1. The lowest BCUT2D eigenvalue weighted by Gasteiger charge is -2.22. The van der Waals surface area contributed by atoms with Gasteiger partial charge >= 0.3 is 18.0 Å². The van der Waals surface area contributed by atoms with Crippen LogP contribution in [0.3, 0.4) is 0 Å². The first kappa shape index (κ1) is 16.8. The van der Waals surface area contributed by atoms with Gasteiger partial charge in [0.05, 0.1) is 12.6 Å². The number of urea groups is 1. The highest BCUT2D eigenvalue weighted by molar-refractivity contribution is 5.83. The van der Waals surface area contributed by atoms with E-state index < -0.39 is 29.6 Å². The van der Waals surface area contributed by atoms with E-state index in [4.69, 9.17) is 11.5 Å². The van der Waals surface area contributed by atoms with Crippen molar-refractivity contribution in [1.82, 2.24) is 10.6 Å². The molecule has 0 aliphatic heterocycles. The van der Waals surface area contributed by atoms with Crippen LogP contribution >= 0.6 is 0 Å². The highest BCUT2D eigenvalue weighted by atomic mass is 16.5. The van der Waals surface area contributed by atoms with Gasteiger partial charge in [0, 0.05) is 6.42 Å². The summed E-state index contributed by atoms with van der Waals surface area (Å²) in [6.07, 6.45) is 5.02. The van der Waals surface area contributed by atoms with E-state index in [1.807, 2.05) is 0 Å². The van der Waals surface area contributed by atoms with E-state index in [0.29, 0.717) is 0 Å². The molecule has 0 fully saturated rings. The molecule has 1 atom stereocenters. The number of carboxylic acids is 1. The van der Waals surface area contributed by atoms with Crippen molar-refractivity contribution in [3.8, 4) is 12.3 Å². The molecule has 19 heavy (non-hydrogen) atoms. The second-order valence-corrected chi connectivity index (χ2v) is 4.37. The summed E-state index contributed by atoms with van der Waals surface area (Å²) < 4.78 is 4.40. The minimum atomic E-state index is -1.24. The fraction of sp³-hybridized carbons (Fsp3) is 0.583. The van der Waals surface area contributed by atoms with E-state index in [0.717, 1.165) is 0 Å². The van der Waals surface area contributed by atoms with Crippen molar-refractivity contribution in [2.75, 3.05) is 7.11 Å². The number of methoxy groups -OCH3 is 1. The number of carbonyl (C=O) groups excluding carboxylic acids is 2. The molecule has 0 aromatic carbocycles. The van der Waals surface area contributed by atoms with Crippen LogP contribution in [0.1, 0.15) is 26.7 Å². The zero-order chi connectivity index (χ0) is 15.1. The average Bonchev–Trinajstić information content (AvgIpc) is 2.32. The Kier molecular flexibility index (Phi) is 6.41. The van der Waals surface area contributed by atoms with Gasteiger partial charge in [0.25, 0.3) is 0 Å². The van der Waals surface area contributed by atoms with Crippen LogP contribution in [0.2, 0.25) is 0 Å². The molecule has 3 N–H and O–H groups in total. The number of hydrogen-bond acceptors (Lipinski definition) is 4. The molecular formula is C12H18N2O5. The number of aliphatic carboxylic acids is 1. The van der Waals surface area contributed by atoms with Gasteiger partial charge in [0.1, 0.15) is 6.04 Å². The third-order valence-corrected chi connectivity index (χ3v) is 2.26. The van der Waals surface area contributed by atoms with Gasteiger partial charge in [0.2, 0.25) is 0 Å². The van der Waals surface area contributed by atoms with Crippen LogP contribution in [0.15, 0.2) is 0 Å². The van der Waals surface area contributed by atoms with E-state index >= 15 is 0 Å². The molecule has 0 aliphatic carbocycles. The summed E-state index contributed by atoms with van der Waals surface area (Å²) in [7, 11) is 1.20. The van der Waals surface area contributed by atoms with E-state index in [1.165, 1.54) is 7.11 Å². The average molecular weight is 270 g/mol. The van der Waals surface area contributed by atoms with E-state index in [-0.39, 0.29) is 12.8 Å². The van der Waals surface area contributed by atoms with Crippen molar-refractivity contribution in [1.29, 1.82) is 0 Å². The molecule has 7 nitrogen and oxygen atoms in total. The lowest BCUT2D eigenvalue weighted by molar-refractivity contribution is -0.142. The fourth-order valence-corrected chi connectivity index (χ4v) is 1.14. The highest BCUT2D eigenvalue weighted by Crippen LogP contribution is 2.02. The maximum Gasteiger partial charge on any atom is 0.326 e. The third-order valence-electron chi connectivity index (χ3n) is 2.26. The summed E-state index contributed by atoms with van der Waals surface area (Å²) in [5, 5.41) is 13.6. The summed E-state index contributed by atoms with van der Waals surface area (Å²) >= 11 is 0. The second kappa shape index (κ2) is 7.26. The molecule has 0 aromatic heterocycles. The summed E-state index contributed by atoms with van der Waals surface area (Å²) in [5.41, 5.74) is -0.893. The summed E-state index contributed by atoms with van der Waals surface area (Å²) in [6, 6.07) is -1.90. The number of ether oxygens (including phenoxy) is 1. The van der Waals surface area contributed by atoms with Crippen molar-refractivity contribution in [2.24, 2.45) is 0 Å². The van der Waals surface area contributed by atoms with Crippen LogP contribution in [0.4, 0.5) is 4.79 Å². The van der Waals surface area contributed by atoms with Gasteiger partial charge in [-0.1, -0.05) is 5.92 Å². The standard InChI is InChI=1S/C12H18N2O5/c1-5-12(2,3)14-11(18)13-8(10(16)17)6-7-9(15)19-4/h1,8H,6-7H2,2-4H3,(H,16,17)(H2,13,14,18)/t8-/m1/s1. The molecular weight excluding hydrogens is 252 g/mol. The summed E-state index contributed by atoms with van der Waals surface area (Å²) in [4.78, 5) is 33.4. The Morgan fingerprint density at radius 3 is 2.42 bits per heavy atom. The van der Waals surface area contributed by atoms with Gasteiger partial charge in [-0.05, 0) is 20.3 Å². The minimum Gasteiger partial charge on any atom is -0.480 e. The first-order valence-electron chi connectivity index (χ1n) is 5.58. The smallest absolute Gasteiger partial charge is 0.326 e. The third kappa shape index (κ3) is 6.93. The molecule has 0 radical (unpaired) electrons. The number of carboxylic acid groups (broad SMARTS) is 1. The van der Waals surface area contributed by atoms with Gasteiger partial charge < -0.3 is 20.5 Å². The van der Waals surface area contributed by atoms with Crippen molar-refractivity contribution >= 4 is 18.0 Å². The quantitative estimate of drug-likeness (QED) is 0.469. The Hall–Kier alpha value is -2.23. The van der Waals surface area contributed by atoms with Crippen molar-refractivity contribution < 1.29 is 24.2 Å². The van der Waals surface area contributed by atoms with E-state index in [2.05, 4.69) is 21.3 Å². The topological polar surface area (TPSA) is 105 Å². The Labute approximate surface area is 111 Å². The predicted molar refractivity (Wildman–Crippen MR) is 67.3 cm³/mol. The van der Waals surface area contributed by atoms with Gasteiger partial charge in [-0.15, -0.1) is 6.42 Å². The number of amides is 2. The first-order chi connectivity index (χ1) is 8.71. The maximum absolute atomic E-state index is 11.5. The molecule has 0 heterocycles. The summed E-state index contributed by atoms with van der Waals surface area (Å²) in [6.45, 7) is 3.19.